The van der Waals surface area contributed by atoms with Gasteiger partial charge in [-0.3, -0.25) is 9.59 Å². The third-order valence-corrected chi connectivity index (χ3v) is 5.74. The summed E-state index contributed by atoms with van der Waals surface area (Å²) in [5.41, 5.74) is 1.34. The number of carbonyl (C=O) groups is 2. The van der Waals surface area contributed by atoms with Crippen LogP contribution in [0, 0.1) is 11.8 Å². The van der Waals surface area contributed by atoms with Gasteiger partial charge in [0.15, 0.2) is 0 Å². The summed E-state index contributed by atoms with van der Waals surface area (Å²) < 4.78 is 0. The van der Waals surface area contributed by atoms with Crippen LogP contribution in [0.25, 0.3) is 0 Å². The van der Waals surface area contributed by atoms with E-state index in [1.165, 1.54) is 24.8 Å². The van der Waals surface area contributed by atoms with Gasteiger partial charge in [-0.2, -0.15) is 0 Å². The third kappa shape index (κ3) is 2.21. The highest BCUT2D eigenvalue weighted by atomic mass is 16.2. The highest BCUT2D eigenvalue weighted by Gasteiger charge is 2.53. The molecule has 0 unspecified atom stereocenters. The zero-order valence-corrected chi connectivity index (χ0v) is 12.6. The van der Waals surface area contributed by atoms with E-state index in [1.807, 2.05) is 6.07 Å². The maximum Gasteiger partial charge on any atom is 0.242 e. The zero-order valence-electron chi connectivity index (χ0n) is 12.6. The molecular formula is C18H22N2O2. The predicted molar refractivity (Wildman–Crippen MR) is 83.1 cm³/mol. The molecule has 4 heteroatoms. The fourth-order valence-corrected chi connectivity index (χ4v) is 4.70. The molecule has 1 saturated heterocycles. The number of hydrogen-bond acceptors (Lipinski definition) is 2. The normalized spacial score (nSPS) is 36.4. The van der Waals surface area contributed by atoms with Crippen molar-refractivity contribution in [1.82, 2.24) is 10.6 Å². The molecule has 0 radical (unpaired) electrons. The summed E-state index contributed by atoms with van der Waals surface area (Å²) in [4.78, 5) is 23.7. The van der Waals surface area contributed by atoms with Gasteiger partial charge in [-0.05, 0) is 36.7 Å². The van der Waals surface area contributed by atoms with Gasteiger partial charge in [0, 0.05) is 18.4 Å². The van der Waals surface area contributed by atoms with Gasteiger partial charge < -0.3 is 10.6 Å². The lowest BCUT2D eigenvalue weighted by Crippen LogP contribution is -2.59. The monoisotopic (exact) mass is 298 g/mol. The minimum absolute atomic E-state index is 0.00197. The average molecular weight is 298 g/mol. The summed E-state index contributed by atoms with van der Waals surface area (Å²) in [6.45, 7) is 0. The van der Waals surface area contributed by atoms with Crippen LogP contribution in [0.5, 0.6) is 0 Å². The Morgan fingerprint density at radius 2 is 1.86 bits per heavy atom. The van der Waals surface area contributed by atoms with Crippen LogP contribution in [0.4, 0.5) is 0 Å². The van der Waals surface area contributed by atoms with Crippen LogP contribution in [-0.4, -0.2) is 23.9 Å². The fourth-order valence-electron chi connectivity index (χ4n) is 4.70. The van der Waals surface area contributed by atoms with Gasteiger partial charge in [-0.15, -0.1) is 0 Å². The first-order valence-electron chi connectivity index (χ1n) is 8.39. The molecule has 1 aliphatic heterocycles. The summed E-state index contributed by atoms with van der Waals surface area (Å²) in [7, 11) is 0. The molecule has 4 nitrogen and oxygen atoms in total. The van der Waals surface area contributed by atoms with Crippen molar-refractivity contribution >= 4 is 11.8 Å². The molecule has 116 valence electrons. The lowest BCUT2D eigenvalue weighted by molar-refractivity contribution is -0.127. The van der Waals surface area contributed by atoms with Gasteiger partial charge in [-0.1, -0.05) is 36.8 Å². The van der Waals surface area contributed by atoms with Crippen molar-refractivity contribution in [3.63, 3.8) is 0 Å². The van der Waals surface area contributed by atoms with E-state index in [0.717, 1.165) is 0 Å². The largest absolute Gasteiger partial charge is 0.351 e. The van der Waals surface area contributed by atoms with Crippen molar-refractivity contribution in [2.75, 3.05) is 0 Å². The molecular weight excluding hydrogens is 276 g/mol. The topological polar surface area (TPSA) is 58.2 Å². The molecule has 1 aromatic rings. The van der Waals surface area contributed by atoms with E-state index in [0.29, 0.717) is 30.6 Å². The molecule has 1 heterocycles. The second kappa shape index (κ2) is 5.41. The summed E-state index contributed by atoms with van der Waals surface area (Å²) in [6, 6.07) is 10.5. The van der Waals surface area contributed by atoms with Crippen LogP contribution in [0.3, 0.4) is 0 Å². The number of carbonyl (C=O) groups excluding carboxylic acids is 2. The standard InChI is InChI=1S/C18H22N2O2/c21-15-10-9-14(19-15)18(22)20-17-13-8-4-7-12(13)16(17)11-5-2-1-3-6-11/h1-3,5-6,12-14,16-17H,4,7-10H2,(H,19,21)(H,20,22)/t12-,13+,14+,16-,17+/m0/s1. The van der Waals surface area contributed by atoms with Gasteiger partial charge in [-0.25, -0.2) is 0 Å². The Hall–Kier alpha value is -1.84. The minimum Gasteiger partial charge on any atom is -0.351 e. The first kappa shape index (κ1) is 13.8. The smallest absolute Gasteiger partial charge is 0.242 e. The summed E-state index contributed by atoms with van der Waals surface area (Å²) >= 11 is 0. The Balaban J connectivity index is 1.49. The van der Waals surface area contributed by atoms with E-state index in [-0.39, 0.29) is 23.9 Å². The number of amides is 2. The summed E-state index contributed by atoms with van der Waals surface area (Å²) in [6.07, 6.45) is 4.86. The summed E-state index contributed by atoms with van der Waals surface area (Å²) in [5.74, 6) is 1.76. The Kier molecular flexibility index (Phi) is 3.40. The first-order chi connectivity index (χ1) is 10.7. The number of fused-ring (bicyclic) bond motifs is 1. The molecule has 2 N–H and O–H groups in total. The van der Waals surface area contributed by atoms with E-state index in [4.69, 9.17) is 0 Å². The van der Waals surface area contributed by atoms with Crippen LogP contribution in [0.2, 0.25) is 0 Å². The molecule has 1 aromatic carbocycles. The van der Waals surface area contributed by atoms with Crippen molar-refractivity contribution in [2.45, 2.75) is 50.1 Å². The zero-order chi connectivity index (χ0) is 15.1. The van der Waals surface area contributed by atoms with E-state index < -0.39 is 0 Å². The molecule has 0 bridgehead atoms. The van der Waals surface area contributed by atoms with E-state index in [2.05, 4.69) is 34.9 Å². The van der Waals surface area contributed by atoms with Crippen LogP contribution >= 0.6 is 0 Å². The predicted octanol–water partition coefficient (Wildman–Crippen LogP) is 1.96. The highest BCUT2D eigenvalue weighted by molar-refractivity contribution is 5.91. The van der Waals surface area contributed by atoms with E-state index in [9.17, 15) is 9.59 Å². The lowest BCUT2D eigenvalue weighted by Gasteiger charge is -2.50. The third-order valence-electron chi connectivity index (χ3n) is 5.74. The van der Waals surface area contributed by atoms with Gasteiger partial charge in [0.2, 0.25) is 11.8 Å². The molecule has 2 saturated carbocycles. The van der Waals surface area contributed by atoms with Crippen LogP contribution in [-0.2, 0) is 9.59 Å². The molecule has 0 spiro atoms. The van der Waals surface area contributed by atoms with E-state index >= 15 is 0 Å². The van der Waals surface area contributed by atoms with Crippen molar-refractivity contribution in [2.24, 2.45) is 11.8 Å². The number of nitrogens with one attached hydrogen (secondary N) is 2. The molecule has 5 atom stereocenters. The lowest BCUT2D eigenvalue weighted by atomic mass is 9.59. The Bertz CT molecular complexity index is 586. The number of hydrogen-bond donors (Lipinski definition) is 2. The molecule has 22 heavy (non-hydrogen) atoms. The second-order valence-corrected chi connectivity index (χ2v) is 6.89. The number of benzene rings is 1. The highest BCUT2D eigenvalue weighted by Crippen LogP contribution is 2.55. The Morgan fingerprint density at radius 3 is 2.59 bits per heavy atom. The maximum atomic E-state index is 12.4. The Labute approximate surface area is 130 Å². The van der Waals surface area contributed by atoms with Gasteiger partial charge in [0.1, 0.15) is 6.04 Å². The van der Waals surface area contributed by atoms with Crippen molar-refractivity contribution in [3.8, 4) is 0 Å². The average Bonchev–Trinajstić information content (AvgIpc) is 3.13. The molecule has 0 aromatic heterocycles. The van der Waals surface area contributed by atoms with Crippen molar-refractivity contribution in [3.05, 3.63) is 35.9 Å². The van der Waals surface area contributed by atoms with Crippen molar-refractivity contribution < 1.29 is 9.59 Å². The van der Waals surface area contributed by atoms with Crippen molar-refractivity contribution in [1.29, 1.82) is 0 Å². The van der Waals surface area contributed by atoms with Gasteiger partial charge in [0.05, 0.1) is 0 Å². The second-order valence-electron chi connectivity index (χ2n) is 6.89. The molecule has 2 aliphatic carbocycles. The molecule has 4 rings (SSSR count). The minimum atomic E-state index is -0.329. The summed E-state index contributed by atoms with van der Waals surface area (Å²) in [5, 5.41) is 6.02. The van der Waals surface area contributed by atoms with E-state index in [1.54, 1.807) is 0 Å². The van der Waals surface area contributed by atoms with Crippen LogP contribution in [0.1, 0.15) is 43.6 Å². The maximum absolute atomic E-state index is 12.4. The molecule has 3 aliphatic rings. The van der Waals surface area contributed by atoms with Gasteiger partial charge >= 0.3 is 0 Å². The number of rotatable bonds is 3. The first-order valence-corrected chi connectivity index (χ1v) is 8.39. The fraction of sp³-hybridized carbons (Fsp3) is 0.556. The SMILES string of the molecule is O=C1CC[C@H](C(=O)N[C@@H]2[C@@H]3CCC[C@@H]3[C@@H]2c2ccccc2)N1. The quantitative estimate of drug-likeness (QED) is 0.896. The molecule has 2 amide bonds. The Morgan fingerprint density at radius 1 is 1.09 bits per heavy atom. The van der Waals surface area contributed by atoms with Gasteiger partial charge in [0.25, 0.3) is 0 Å². The molecule has 3 fully saturated rings. The van der Waals surface area contributed by atoms with Crippen LogP contribution < -0.4 is 10.6 Å². The van der Waals surface area contributed by atoms with Crippen LogP contribution in [0.15, 0.2) is 30.3 Å².